The van der Waals surface area contributed by atoms with Crippen LogP contribution in [-0.4, -0.2) is 11.6 Å². The van der Waals surface area contributed by atoms with Gasteiger partial charge in [0.1, 0.15) is 5.75 Å². The van der Waals surface area contributed by atoms with Gasteiger partial charge in [-0.15, -0.1) is 11.3 Å². The van der Waals surface area contributed by atoms with Crippen LogP contribution in [-0.2, 0) is 18.4 Å². The van der Waals surface area contributed by atoms with E-state index in [0.29, 0.717) is 6.61 Å². The second kappa shape index (κ2) is 4.94. The third-order valence-corrected chi connectivity index (χ3v) is 4.60. The van der Waals surface area contributed by atoms with Gasteiger partial charge in [-0.1, -0.05) is 12.1 Å². The first-order valence-electron chi connectivity index (χ1n) is 6.65. The average Bonchev–Trinajstić information content (AvgIpc) is 2.86. The fourth-order valence-corrected chi connectivity index (χ4v) is 3.61. The zero-order chi connectivity index (χ0) is 13.3. The van der Waals surface area contributed by atoms with E-state index in [2.05, 4.69) is 17.1 Å². The lowest BCUT2D eigenvalue weighted by atomic mass is 9.78. The van der Waals surface area contributed by atoms with Crippen LogP contribution in [0.2, 0.25) is 0 Å². The Hall–Kier alpha value is -1.39. The molecule has 0 fully saturated rings. The molecule has 2 aromatic rings. The van der Waals surface area contributed by atoms with Crippen LogP contribution in [0.25, 0.3) is 0 Å². The molecular weight excluding hydrogens is 256 g/mol. The first-order valence-corrected chi connectivity index (χ1v) is 7.53. The van der Waals surface area contributed by atoms with Crippen molar-refractivity contribution in [1.29, 1.82) is 0 Å². The third kappa shape index (κ3) is 2.38. The van der Waals surface area contributed by atoms with E-state index >= 15 is 0 Å². The van der Waals surface area contributed by atoms with E-state index in [1.165, 1.54) is 10.6 Å². The number of aromatic nitrogens is 1. The number of ether oxygens (including phenoxy) is 1. The maximum Gasteiger partial charge on any atom is 0.119 e. The van der Waals surface area contributed by atoms with Crippen LogP contribution in [0.3, 0.4) is 0 Å². The van der Waals surface area contributed by atoms with Crippen LogP contribution < -0.4 is 10.5 Å². The van der Waals surface area contributed by atoms with Crippen LogP contribution in [0.5, 0.6) is 5.75 Å². The third-order valence-electron chi connectivity index (χ3n) is 3.73. The summed E-state index contributed by atoms with van der Waals surface area (Å²) in [6.07, 6.45) is 2.79. The van der Waals surface area contributed by atoms with Crippen molar-refractivity contribution in [2.45, 2.75) is 31.7 Å². The highest BCUT2D eigenvalue weighted by atomic mass is 32.1. The SMILES string of the molecule is CCOc1cccc(C2(N)CCc3ncsc3C2)c1. The Bertz CT molecular complexity index is 581. The molecule has 4 heteroatoms. The number of fused-ring (bicyclic) bond motifs is 1. The van der Waals surface area contributed by atoms with Crippen molar-refractivity contribution in [3.05, 3.63) is 45.9 Å². The molecular formula is C15H18N2OS. The van der Waals surface area contributed by atoms with E-state index in [1.54, 1.807) is 11.3 Å². The number of hydrogen-bond donors (Lipinski definition) is 1. The monoisotopic (exact) mass is 274 g/mol. The molecule has 1 aromatic heterocycles. The molecule has 0 amide bonds. The quantitative estimate of drug-likeness (QED) is 0.936. The number of nitrogens with two attached hydrogens (primary N) is 1. The minimum atomic E-state index is -0.285. The van der Waals surface area contributed by atoms with Crippen molar-refractivity contribution in [2.75, 3.05) is 6.61 Å². The molecule has 1 heterocycles. The predicted octanol–water partition coefficient (Wildman–Crippen LogP) is 2.88. The van der Waals surface area contributed by atoms with Gasteiger partial charge in [0.25, 0.3) is 0 Å². The Kier molecular flexibility index (Phi) is 3.29. The van der Waals surface area contributed by atoms with Gasteiger partial charge in [-0.2, -0.15) is 0 Å². The van der Waals surface area contributed by atoms with E-state index in [4.69, 9.17) is 10.5 Å². The lowest BCUT2D eigenvalue weighted by Crippen LogP contribution is -2.41. The molecule has 1 aliphatic carbocycles. The molecule has 1 aromatic carbocycles. The Morgan fingerprint density at radius 3 is 3.21 bits per heavy atom. The Morgan fingerprint density at radius 2 is 2.37 bits per heavy atom. The van der Waals surface area contributed by atoms with E-state index < -0.39 is 0 Å². The normalized spacial score (nSPS) is 22.0. The molecule has 19 heavy (non-hydrogen) atoms. The molecule has 3 nitrogen and oxygen atoms in total. The standard InChI is InChI=1S/C15H18N2OS/c1-2-18-12-5-3-4-11(8-12)15(16)7-6-13-14(9-15)19-10-17-13/h3-5,8,10H,2,6-7,9,16H2,1H3. The summed E-state index contributed by atoms with van der Waals surface area (Å²) < 4.78 is 5.57. The lowest BCUT2D eigenvalue weighted by Gasteiger charge is -2.33. The number of hydrogen-bond acceptors (Lipinski definition) is 4. The van der Waals surface area contributed by atoms with Gasteiger partial charge < -0.3 is 10.5 Å². The van der Waals surface area contributed by atoms with Crippen LogP contribution in [0.15, 0.2) is 29.8 Å². The number of nitrogens with zero attached hydrogens (tertiary/aromatic N) is 1. The topological polar surface area (TPSA) is 48.1 Å². The molecule has 0 spiro atoms. The Labute approximate surface area is 117 Å². The highest BCUT2D eigenvalue weighted by molar-refractivity contribution is 7.09. The first kappa shape index (κ1) is 12.6. The Balaban J connectivity index is 1.91. The average molecular weight is 274 g/mol. The van der Waals surface area contributed by atoms with E-state index in [0.717, 1.165) is 30.6 Å². The lowest BCUT2D eigenvalue weighted by molar-refractivity contribution is 0.336. The van der Waals surface area contributed by atoms with Gasteiger partial charge in [-0.05, 0) is 37.5 Å². The number of thiazole rings is 1. The predicted molar refractivity (Wildman–Crippen MR) is 77.6 cm³/mol. The summed E-state index contributed by atoms with van der Waals surface area (Å²) in [7, 11) is 0. The molecule has 0 aliphatic heterocycles. The van der Waals surface area contributed by atoms with Gasteiger partial charge in [0.05, 0.1) is 17.8 Å². The van der Waals surface area contributed by atoms with Gasteiger partial charge in [-0.3, -0.25) is 0 Å². The Morgan fingerprint density at radius 1 is 1.47 bits per heavy atom. The number of aryl methyl sites for hydroxylation is 1. The maximum absolute atomic E-state index is 6.64. The van der Waals surface area contributed by atoms with Crippen LogP contribution in [0.1, 0.15) is 29.5 Å². The molecule has 0 radical (unpaired) electrons. The first-order chi connectivity index (χ1) is 9.21. The molecule has 1 atom stereocenters. The number of rotatable bonds is 3. The summed E-state index contributed by atoms with van der Waals surface area (Å²) in [6, 6.07) is 8.19. The smallest absolute Gasteiger partial charge is 0.119 e. The van der Waals surface area contributed by atoms with Gasteiger partial charge in [-0.25, -0.2) is 4.98 Å². The van der Waals surface area contributed by atoms with Crippen molar-refractivity contribution in [1.82, 2.24) is 4.98 Å². The number of benzene rings is 1. The molecule has 2 N–H and O–H groups in total. The second-order valence-electron chi connectivity index (χ2n) is 5.02. The molecule has 1 aliphatic rings. The molecule has 0 saturated carbocycles. The van der Waals surface area contributed by atoms with Crippen LogP contribution >= 0.6 is 11.3 Å². The van der Waals surface area contributed by atoms with Crippen molar-refractivity contribution in [2.24, 2.45) is 5.73 Å². The molecule has 0 saturated heterocycles. The van der Waals surface area contributed by atoms with Gasteiger partial charge >= 0.3 is 0 Å². The summed E-state index contributed by atoms with van der Waals surface area (Å²) in [5, 5.41) is 0. The zero-order valence-corrected chi connectivity index (χ0v) is 11.9. The van der Waals surface area contributed by atoms with Crippen LogP contribution in [0.4, 0.5) is 0 Å². The van der Waals surface area contributed by atoms with E-state index in [1.807, 2.05) is 24.6 Å². The minimum Gasteiger partial charge on any atom is -0.494 e. The van der Waals surface area contributed by atoms with Crippen molar-refractivity contribution < 1.29 is 4.74 Å². The minimum absolute atomic E-state index is 0.285. The highest BCUT2D eigenvalue weighted by Gasteiger charge is 2.33. The molecule has 0 bridgehead atoms. The van der Waals surface area contributed by atoms with Gasteiger partial charge in [0.15, 0.2) is 0 Å². The van der Waals surface area contributed by atoms with Crippen LogP contribution in [0, 0.1) is 0 Å². The zero-order valence-electron chi connectivity index (χ0n) is 11.1. The fourth-order valence-electron chi connectivity index (χ4n) is 2.67. The molecule has 1 unspecified atom stereocenters. The molecule has 100 valence electrons. The van der Waals surface area contributed by atoms with Gasteiger partial charge in [0.2, 0.25) is 0 Å². The van der Waals surface area contributed by atoms with E-state index in [-0.39, 0.29) is 5.54 Å². The summed E-state index contributed by atoms with van der Waals surface area (Å²) in [5.74, 6) is 0.903. The fraction of sp³-hybridized carbons (Fsp3) is 0.400. The molecule has 3 rings (SSSR count). The largest absolute Gasteiger partial charge is 0.494 e. The van der Waals surface area contributed by atoms with Crippen molar-refractivity contribution in [3.8, 4) is 5.75 Å². The van der Waals surface area contributed by atoms with Crippen molar-refractivity contribution in [3.63, 3.8) is 0 Å². The summed E-state index contributed by atoms with van der Waals surface area (Å²) in [6.45, 7) is 2.68. The van der Waals surface area contributed by atoms with Crippen molar-refractivity contribution >= 4 is 11.3 Å². The summed E-state index contributed by atoms with van der Waals surface area (Å²) in [4.78, 5) is 5.73. The van der Waals surface area contributed by atoms with Gasteiger partial charge in [0, 0.05) is 16.8 Å². The second-order valence-corrected chi connectivity index (χ2v) is 5.96. The highest BCUT2D eigenvalue weighted by Crippen LogP contribution is 2.36. The summed E-state index contributed by atoms with van der Waals surface area (Å²) in [5.41, 5.74) is 10.7. The maximum atomic E-state index is 6.64. The van der Waals surface area contributed by atoms with E-state index in [9.17, 15) is 0 Å². The summed E-state index contributed by atoms with van der Waals surface area (Å²) >= 11 is 1.71.